The molecule has 2 heteroatoms. The molecule has 0 atom stereocenters. The van der Waals surface area contributed by atoms with E-state index in [0.717, 1.165) is 22.3 Å². The van der Waals surface area contributed by atoms with Gasteiger partial charge in [0.25, 0.3) is 0 Å². The van der Waals surface area contributed by atoms with Gasteiger partial charge in [-0.15, -0.1) is 0 Å². The van der Waals surface area contributed by atoms with Crippen LogP contribution < -0.4 is 0 Å². The number of rotatable bonds is 8. The molecule has 0 unspecified atom stereocenters. The molecule has 2 heterocycles. The molecule has 0 aliphatic heterocycles. The highest BCUT2D eigenvalue weighted by Gasteiger charge is 2.33. The Bertz CT molecular complexity index is 4290. The number of aromatic nitrogens is 2. The second-order valence-corrected chi connectivity index (χ2v) is 19.9. The van der Waals surface area contributed by atoms with E-state index in [2.05, 4.69) is 294 Å². The zero-order valence-electron chi connectivity index (χ0n) is 41.1. The van der Waals surface area contributed by atoms with Gasteiger partial charge in [-0.1, -0.05) is 243 Å². The largest absolute Gasteiger partial charge is 0.309 e. The first kappa shape index (κ1) is 42.9. The number of hydrogen-bond donors (Lipinski definition) is 0. The fraction of sp³-hybridized carbons (Fsp3) is 0.0137. The maximum absolute atomic E-state index is 2.61. The van der Waals surface area contributed by atoms with Crippen molar-refractivity contribution in [2.24, 2.45) is 0 Å². The highest BCUT2D eigenvalue weighted by molar-refractivity contribution is 6.14. The van der Waals surface area contributed by atoms with E-state index in [1.54, 1.807) is 0 Å². The van der Waals surface area contributed by atoms with Crippen LogP contribution in [0.25, 0.3) is 122 Å². The van der Waals surface area contributed by atoms with Crippen LogP contribution in [0.2, 0.25) is 0 Å². The molecular formula is C73H48N2. The standard InChI is InChI=1S/C73H48N2/c1-3-22-48(23-4-1)52-26-7-9-28-54(52)50-42-44-70-65(46-50)66-47-51(55-29-10-8-27-53(55)49-24-5-2-6-25-49)43-45-71(66)75(70)73-63(37-21-38-64(73)72-61-35-13-11-30-56(61)57-31-12-14-36-62(57)72)60-34-17-20-41-69(60)74-67-39-18-15-32-58(67)59-33-16-19-40-68(59)74/h1-47,72H. The number of nitrogens with zero attached hydrogens (tertiary/aromatic N) is 2. The van der Waals surface area contributed by atoms with E-state index in [1.807, 2.05) is 0 Å². The summed E-state index contributed by atoms with van der Waals surface area (Å²) in [7, 11) is 0. The number of fused-ring (bicyclic) bond motifs is 9. The van der Waals surface area contributed by atoms with Crippen molar-refractivity contribution in [3.8, 4) is 78.1 Å². The van der Waals surface area contributed by atoms with Gasteiger partial charge in [-0.25, -0.2) is 0 Å². The number of hydrogen-bond acceptors (Lipinski definition) is 0. The Kier molecular flexibility index (Phi) is 9.99. The van der Waals surface area contributed by atoms with Crippen LogP contribution >= 0.6 is 0 Å². The van der Waals surface area contributed by atoms with Gasteiger partial charge in [-0.3, -0.25) is 0 Å². The van der Waals surface area contributed by atoms with Gasteiger partial charge in [0, 0.05) is 38.6 Å². The molecule has 75 heavy (non-hydrogen) atoms. The second-order valence-electron chi connectivity index (χ2n) is 19.9. The molecule has 0 amide bonds. The molecule has 0 N–H and O–H groups in total. The Hall–Kier alpha value is -9.76. The van der Waals surface area contributed by atoms with Gasteiger partial charge >= 0.3 is 0 Å². The monoisotopic (exact) mass is 952 g/mol. The van der Waals surface area contributed by atoms with E-state index in [1.165, 1.54) is 116 Å². The highest BCUT2D eigenvalue weighted by Crippen LogP contribution is 2.52. The molecular weight excluding hydrogens is 905 g/mol. The molecule has 2 nitrogen and oxygen atoms in total. The van der Waals surface area contributed by atoms with Crippen LogP contribution in [0.5, 0.6) is 0 Å². The summed E-state index contributed by atoms with van der Waals surface area (Å²) in [6.07, 6.45) is 0. The van der Waals surface area contributed by atoms with Crippen molar-refractivity contribution < 1.29 is 0 Å². The van der Waals surface area contributed by atoms with Gasteiger partial charge in [0.2, 0.25) is 0 Å². The molecule has 0 saturated carbocycles. The van der Waals surface area contributed by atoms with E-state index >= 15 is 0 Å². The SMILES string of the molecule is c1ccc(-c2ccccc2-c2ccc3c(c2)c2cc(-c4ccccc4-c4ccccc4)ccc2n3-c2c(-c3ccccc3-n3c4ccccc4c4ccccc43)cccc2C2c3ccccc3-c3ccccc32)cc1. The zero-order chi connectivity index (χ0) is 49.4. The third kappa shape index (κ3) is 6.80. The summed E-state index contributed by atoms with van der Waals surface area (Å²) >= 11 is 0. The maximum atomic E-state index is 2.61. The topological polar surface area (TPSA) is 9.86 Å². The van der Waals surface area contributed by atoms with Gasteiger partial charge in [0.15, 0.2) is 0 Å². The van der Waals surface area contributed by atoms with Gasteiger partial charge in [0.05, 0.1) is 33.4 Å². The summed E-state index contributed by atoms with van der Waals surface area (Å²) in [4.78, 5) is 0. The Balaban J connectivity index is 1.06. The van der Waals surface area contributed by atoms with Crippen LogP contribution in [0, 0.1) is 0 Å². The molecule has 0 bridgehead atoms. The summed E-state index contributed by atoms with van der Waals surface area (Å²) in [5.41, 5.74) is 25.4. The van der Waals surface area contributed by atoms with Crippen molar-refractivity contribution in [2.45, 2.75) is 5.92 Å². The third-order valence-electron chi connectivity index (χ3n) is 15.9. The molecule has 1 aliphatic carbocycles. The molecule has 15 rings (SSSR count). The predicted octanol–water partition coefficient (Wildman–Crippen LogP) is 19.4. The predicted molar refractivity (Wildman–Crippen MR) is 315 cm³/mol. The Morgan fingerprint density at radius 3 is 1.11 bits per heavy atom. The van der Waals surface area contributed by atoms with Gasteiger partial charge in [0.1, 0.15) is 0 Å². The Labute approximate surface area is 436 Å². The minimum Gasteiger partial charge on any atom is -0.309 e. The lowest BCUT2D eigenvalue weighted by molar-refractivity contribution is 0.983. The second kappa shape index (κ2) is 17.5. The molecule has 0 fully saturated rings. The van der Waals surface area contributed by atoms with Gasteiger partial charge in [-0.2, -0.15) is 0 Å². The molecule has 12 aromatic carbocycles. The molecule has 2 aromatic heterocycles. The van der Waals surface area contributed by atoms with Crippen molar-refractivity contribution in [1.82, 2.24) is 9.13 Å². The van der Waals surface area contributed by atoms with E-state index in [9.17, 15) is 0 Å². The smallest absolute Gasteiger partial charge is 0.0582 e. The Morgan fingerprint density at radius 1 is 0.213 bits per heavy atom. The summed E-state index contributed by atoms with van der Waals surface area (Å²) in [5.74, 6) is -0.0192. The zero-order valence-corrected chi connectivity index (χ0v) is 41.1. The van der Waals surface area contributed by atoms with Crippen LogP contribution in [-0.2, 0) is 0 Å². The first-order chi connectivity index (χ1) is 37.3. The lowest BCUT2D eigenvalue weighted by Gasteiger charge is -2.25. The number of para-hydroxylation sites is 4. The summed E-state index contributed by atoms with van der Waals surface area (Å²) in [6.45, 7) is 0. The average Bonchev–Trinajstić information content (AvgIpc) is 4.13. The fourth-order valence-electron chi connectivity index (χ4n) is 12.6. The molecule has 350 valence electrons. The third-order valence-corrected chi connectivity index (χ3v) is 15.9. The van der Waals surface area contributed by atoms with Crippen LogP contribution in [-0.4, -0.2) is 9.13 Å². The minimum atomic E-state index is -0.0192. The summed E-state index contributed by atoms with van der Waals surface area (Å²) in [5, 5.41) is 4.89. The number of benzene rings is 12. The Morgan fingerprint density at radius 2 is 0.587 bits per heavy atom. The lowest BCUT2D eigenvalue weighted by atomic mass is 9.85. The minimum absolute atomic E-state index is 0.0192. The van der Waals surface area contributed by atoms with Crippen molar-refractivity contribution >= 4 is 43.6 Å². The average molecular weight is 953 g/mol. The first-order valence-electron chi connectivity index (χ1n) is 26.0. The quantitative estimate of drug-likeness (QED) is 0.144. The molecule has 0 saturated heterocycles. The summed E-state index contributed by atoms with van der Waals surface area (Å²) < 4.78 is 5.09. The van der Waals surface area contributed by atoms with Crippen LogP contribution in [0.15, 0.2) is 285 Å². The molecule has 14 aromatic rings. The van der Waals surface area contributed by atoms with E-state index in [-0.39, 0.29) is 5.92 Å². The maximum Gasteiger partial charge on any atom is 0.0582 e. The van der Waals surface area contributed by atoms with Crippen molar-refractivity contribution in [2.75, 3.05) is 0 Å². The van der Waals surface area contributed by atoms with Crippen molar-refractivity contribution in [1.29, 1.82) is 0 Å². The molecule has 1 aliphatic rings. The van der Waals surface area contributed by atoms with E-state index in [4.69, 9.17) is 0 Å². The van der Waals surface area contributed by atoms with Crippen molar-refractivity contribution in [3.63, 3.8) is 0 Å². The van der Waals surface area contributed by atoms with Gasteiger partial charge in [-0.05, 0) is 115 Å². The van der Waals surface area contributed by atoms with Crippen molar-refractivity contribution in [3.05, 3.63) is 302 Å². The van der Waals surface area contributed by atoms with Crippen LogP contribution in [0.4, 0.5) is 0 Å². The first-order valence-corrected chi connectivity index (χ1v) is 26.0. The normalized spacial score (nSPS) is 12.2. The lowest BCUT2D eigenvalue weighted by Crippen LogP contribution is -2.09. The van der Waals surface area contributed by atoms with Crippen LogP contribution in [0.3, 0.4) is 0 Å². The van der Waals surface area contributed by atoms with E-state index in [0.29, 0.717) is 0 Å². The molecule has 0 radical (unpaired) electrons. The van der Waals surface area contributed by atoms with Crippen LogP contribution in [0.1, 0.15) is 22.6 Å². The summed E-state index contributed by atoms with van der Waals surface area (Å²) in [6, 6.07) is 106. The fourth-order valence-corrected chi connectivity index (χ4v) is 12.6. The molecule has 0 spiro atoms. The van der Waals surface area contributed by atoms with Gasteiger partial charge < -0.3 is 9.13 Å². The highest BCUT2D eigenvalue weighted by atomic mass is 15.0. The van der Waals surface area contributed by atoms with E-state index < -0.39 is 0 Å².